The van der Waals surface area contributed by atoms with Crippen LogP contribution in [0.25, 0.3) is 42.4 Å². The second-order valence-corrected chi connectivity index (χ2v) is 18.7. The summed E-state index contributed by atoms with van der Waals surface area (Å²) < 4.78 is 2.71. The molecule has 5 saturated carbocycles. The number of rotatable bonds is 3. The predicted octanol–water partition coefficient (Wildman–Crippen LogP) is 14.1. The molecule has 0 amide bonds. The van der Waals surface area contributed by atoms with Crippen LogP contribution in [0.5, 0.6) is 0 Å². The number of benzene rings is 6. The van der Waals surface area contributed by atoms with E-state index in [0.717, 1.165) is 23.7 Å². The minimum absolute atomic E-state index is 0.170. The quantitative estimate of drug-likeness (QED) is 0.177. The summed E-state index contributed by atoms with van der Waals surface area (Å²) in [5, 5.41) is 2.71. The first-order chi connectivity index (χ1) is 26.2. The molecule has 2 spiro atoms. The van der Waals surface area contributed by atoms with Crippen molar-refractivity contribution in [3.63, 3.8) is 0 Å². The maximum atomic E-state index is 2.62. The molecule has 0 radical (unpaired) electrons. The van der Waals surface area contributed by atoms with Gasteiger partial charge in [0, 0.05) is 42.4 Å². The van der Waals surface area contributed by atoms with Crippen LogP contribution in [0.1, 0.15) is 80.0 Å². The summed E-state index contributed by atoms with van der Waals surface area (Å²) in [6.07, 6.45) is 12.3. The fourth-order valence-corrected chi connectivity index (χ4v) is 14.9. The molecule has 0 aliphatic heterocycles. The van der Waals surface area contributed by atoms with Crippen molar-refractivity contribution in [1.82, 2.24) is 0 Å². The Morgan fingerprint density at radius 2 is 1.06 bits per heavy atom. The summed E-state index contributed by atoms with van der Waals surface area (Å²) in [6, 6.07) is 50.1. The third-order valence-corrected chi connectivity index (χ3v) is 16.5. The van der Waals surface area contributed by atoms with Gasteiger partial charge in [-0.25, -0.2) is 0 Å². The first-order valence-electron chi connectivity index (χ1n) is 20.4. The second-order valence-electron chi connectivity index (χ2n) is 17.6. The van der Waals surface area contributed by atoms with Gasteiger partial charge in [-0.2, -0.15) is 0 Å². The van der Waals surface area contributed by atoms with Crippen molar-refractivity contribution in [1.29, 1.82) is 0 Å². The fraction of sp³-hybridized carbons (Fsp3) is 0.294. The highest BCUT2D eigenvalue weighted by Crippen LogP contribution is 2.69. The fourth-order valence-electron chi connectivity index (χ4n) is 13.8. The van der Waals surface area contributed by atoms with Gasteiger partial charge in [0.05, 0.1) is 5.69 Å². The van der Waals surface area contributed by atoms with Gasteiger partial charge in [0.15, 0.2) is 0 Å². The minimum atomic E-state index is 0.170. The van der Waals surface area contributed by atoms with E-state index in [0.29, 0.717) is 0 Å². The number of nitrogens with zero attached hydrogens (tertiary/aromatic N) is 1. The van der Waals surface area contributed by atoms with Gasteiger partial charge in [-0.15, -0.1) is 11.3 Å². The molecule has 5 fully saturated rings. The predicted molar refractivity (Wildman–Crippen MR) is 222 cm³/mol. The molecule has 0 N–H and O–H groups in total. The Balaban J connectivity index is 1.06. The maximum absolute atomic E-state index is 2.62. The van der Waals surface area contributed by atoms with Crippen LogP contribution >= 0.6 is 11.3 Å². The number of thiophene rings is 1. The molecule has 7 aliphatic rings. The van der Waals surface area contributed by atoms with E-state index < -0.39 is 0 Å². The Hall–Kier alpha value is -4.66. The van der Waals surface area contributed by atoms with Crippen molar-refractivity contribution in [3.05, 3.63) is 150 Å². The Morgan fingerprint density at radius 3 is 1.81 bits per heavy atom. The molecular formula is C51H43NS. The smallest absolute Gasteiger partial charge is 0.0554 e. The zero-order chi connectivity index (χ0) is 34.5. The summed E-state index contributed by atoms with van der Waals surface area (Å²) in [4.78, 5) is 2.62. The van der Waals surface area contributed by atoms with E-state index in [2.05, 4.69) is 132 Å². The first-order valence-corrected chi connectivity index (χ1v) is 21.2. The second kappa shape index (κ2) is 10.5. The molecule has 6 aromatic carbocycles. The van der Waals surface area contributed by atoms with Crippen molar-refractivity contribution in [2.75, 3.05) is 4.90 Å². The largest absolute Gasteiger partial charge is 0.310 e. The van der Waals surface area contributed by atoms with Crippen LogP contribution in [0.2, 0.25) is 0 Å². The van der Waals surface area contributed by atoms with Crippen molar-refractivity contribution in [2.24, 2.45) is 23.7 Å². The van der Waals surface area contributed by atoms with Gasteiger partial charge in [0.2, 0.25) is 0 Å². The lowest BCUT2D eigenvalue weighted by Crippen LogP contribution is -2.55. The molecule has 7 aromatic rings. The van der Waals surface area contributed by atoms with E-state index in [1.54, 1.807) is 22.3 Å². The average molecular weight is 702 g/mol. The Labute approximate surface area is 316 Å². The van der Waals surface area contributed by atoms with Gasteiger partial charge in [0.25, 0.3) is 0 Å². The first kappa shape index (κ1) is 29.8. The molecule has 0 unspecified atom stereocenters. The number of hydrogen-bond donors (Lipinski definition) is 0. The Morgan fingerprint density at radius 1 is 0.491 bits per heavy atom. The highest BCUT2D eigenvalue weighted by atomic mass is 32.1. The van der Waals surface area contributed by atoms with E-state index in [9.17, 15) is 0 Å². The third kappa shape index (κ3) is 3.74. The molecule has 4 bridgehead atoms. The SMILES string of the molecule is c1ccc2c(c1)-c1cc(N(c3ccc4c(c3)-c3ccccc3C43C4CC5CC(C4)CC3C5)c3cccc4sc5ccccc5c34)ccc1C21CCCC1. The van der Waals surface area contributed by atoms with E-state index >= 15 is 0 Å². The van der Waals surface area contributed by atoms with Gasteiger partial charge >= 0.3 is 0 Å². The molecule has 0 atom stereocenters. The number of hydrogen-bond acceptors (Lipinski definition) is 2. The summed E-state index contributed by atoms with van der Waals surface area (Å²) in [7, 11) is 0. The molecule has 0 saturated heterocycles. The lowest BCUT2D eigenvalue weighted by atomic mass is 9.43. The minimum Gasteiger partial charge on any atom is -0.310 e. The van der Waals surface area contributed by atoms with E-state index in [1.807, 2.05) is 11.3 Å². The van der Waals surface area contributed by atoms with Crippen LogP contribution in [0.3, 0.4) is 0 Å². The molecule has 2 heteroatoms. The number of anilines is 3. The van der Waals surface area contributed by atoms with Crippen LogP contribution in [0, 0.1) is 23.7 Å². The van der Waals surface area contributed by atoms with Crippen molar-refractivity contribution in [2.45, 2.75) is 68.6 Å². The zero-order valence-electron chi connectivity index (χ0n) is 30.2. The van der Waals surface area contributed by atoms with Gasteiger partial charge < -0.3 is 4.90 Å². The van der Waals surface area contributed by atoms with E-state index in [-0.39, 0.29) is 10.8 Å². The average Bonchev–Trinajstić information content (AvgIpc) is 3.96. The molecule has 14 rings (SSSR count). The van der Waals surface area contributed by atoms with Crippen LogP contribution < -0.4 is 4.90 Å². The highest BCUT2D eigenvalue weighted by molar-refractivity contribution is 7.26. The summed E-state index contributed by atoms with van der Waals surface area (Å²) >= 11 is 1.92. The molecule has 1 heterocycles. The van der Waals surface area contributed by atoms with Gasteiger partial charge in [-0.3, -0.25) is 0 Å². The van der Waals surface area contributed by atoms with Crippen LogP contribution in [0.4, 0.5) is 17.1 Å². The number of fused-ring (bicyclic) bond motifs is 11. The molecule has 1 nitrogen and oxygen atoms in total. The molecular weight excluding hydrogens is 659 g/mol. The van der Waals surface area contributed by atoms with E-state index in [4.69, 9.17) is 0 Å². The summed E-state index contributed by atoms with van der Waals surface area (Å²) in [5.41, 5.74) is 16.4. The molecule has 7 aliphatic carbocycles. The van der Waals surface area contributed by atoms with Crippen molar-refractivity contribution < 1.29 is 0 Å². The summed E-state index contributed by atoms with van der Waals surface area (Å²) in [5.74, 6) is 3.44. The Kier molecular flexibility index (Phi) is 5.90. The topological polar surface area (TPSA) is 3.24 Å². The normalized spacial score (nSPS) is 26.4. The lowest BCUT2D eigenvalue weighted by molar-refractivity contribution is -0.0399. The highest BCUT2D eigenvalue weighted by Gasteiger charge is 2.61. The van der Waals surface area contributed by atoms with Crippen LogP contribution in [-0.2, 0) is 10.8 Å². The van der Waals surface area contributed by atoms with E-state index in [1.165, 1.54) is 117 Å². The van der Waals surface area contributed by atoms with Gasteiger partial charge in [-0.1, -0.05) is 97.8 Å². The summed E-state index contributed by atoms with van der Waals surface area (Å²) in [6.45, 7) is 0. The standard InChI is InChI=1S/C51H43NS/c1-4-13-42-37(10-1)40-29-35(18-20-43(40)50(42)22-7-8-23-50)52(46-15-9-17-48-49(46)39-12-3-6-16-47(39)53-48)36-19-21-45-41(30-36)38-11-2-5-14-44(38)51(45)33-25-31-24-32(27-33)28-34(51)26-31/h1-6,9-21,29-34H,7-8,22-28H2. The van der Waals surface area contributed by atoms with Gasteiger partial charge in [-0.05, 0) is 156 Å². The maximum Gasteiger partial charge on any atom is 0.0554 e. The monoisotopic (exact) mass is 701 g/mol. The molecule has 53 heavy (non-hydrogen) atoms. The van der Waals surface area contributed by atoms with Crippen LogP contribution in [-0.4, -0.2) is 0 Å². The molecule has 258 valence electrons. The van der Waals surface area contributed by atoms with Gasteiger partial charge in [0.1, 0.15) is 0 Å². The lowest BCUT2D eigenvalue weighted by Gasteiger charge is -2.61. The zero-order valence-corrected chi connectivity index (χ0v) is 31.0. The Bertz CT molecular complexity index is 2640. The van der Waals surface area contributed by atoms with Crippen molar-refractivity contribution in [3.8, 4) is 22.3 Å². The van der Waals surface area contributed by atoms with Crippen LogP contribution in [0.15, 0.2) is 127 Å². The third-order valence-electron chi connectivity index (χ3n) is 15.4. The van der Waals surface area contributed by atoms with Crippen molar-refractivity contribution >= 4 is 48.6 Å². The molecule has 1 aromatic heterocycles.